The van der Waals surface area contributed by atoms with Crippen molar-refractivity contribution in [3.63, 3.8) is 0 Å². The normalized spacial score (nSPS) is 30.9. The van der Waals surface area contributed by atoms with Gasteiger partial charge in [-0.05, 0) is 68.2 Å². The monoisotopic (exact) mass is 399 g/mol. The second-order valence-corrected chi connectivity index (χ2v) is 9.35. The molecule has 2 bridgehead atoms. The van der Waals surface area contributed by atoms with Crippen molar-refractivity contribution in [3.05, 3.63) is 35.6 Å². The van der Waals surface area contributed by atoms with Crippen LogP contribution in [0.25, 0.3) is 0 Å². The van der Waals surface area contributed by atoms with Gasteiger partial charge in [-0.25, -0.2) is 4.39 Å². The van der Waals surface area contributed by atoms with Crippen molar-refractivity contribution in [1.82, 2.24) is 14.7 Å². The molecule has 4 aliphatic rings. The van der Waals surface area contributed by atoms with E-state index in [0.717, 1.165) is 58.4 Å². The summed E-state index contributed by atoms with van der Waals surface area (Å²) < 4.78 is 13.1. The molecule has 0 N–H and O–H groups in total. The third-order valence-corrected chi connectivity index (χ3v) is 7.57. The molecule has 0 aliphatic carbocycles. The minimum absolute atomic E-state index is 0.00956. The number of amides is 2. The fourth-order valence-corrected chi connectivity index (χ4v) is 6.16. The summed E-state index contributed by atoms with van der Waals surface area (Å²) in [5.74, 6) is 1.29. The molecule has 4 heterocycles. The van der Waals surface area contributed by atoms with E-state index in [4.69, 9.17) is 0 Å². The van der Waals surface area contributed by atoms with Gasteiger partial charge in [0.25, 0.3) is 5.91 Å². The van der Waals surface area contributed by atoms with E-state index in [0.29, 0.717) is 35.4 Å². The van der Waals surface area contributed by atoms with Gasteiger partial charge in [0.2, 0.25) is 5.91 Å². The maximum absolute atomic E-state index is 13.1. The average Bonchev–Trinajstić information content (AvgIpc) is 2.75. The lowest BCUT2D eigenvalue weighted by Gasteiger charge is -2.54. The number of likely N-dealkylation sites (tertiary alicyclic amines) is 2. The van der Waals surface area contributed by atoms with E-state index >= 15 is 0 Å². The number of carbonyl (C=O) groups is 2. The quantitative estimate of drug-likeness (QED) is 0.768. The van der Waals surface area contributed by atoms with Crippen LogP contribution in [0.3, 0.4) is 0 Å². The van der Waals surface area contributed by atoms with E-state index in [9.17, 15) is 14.0 Å². The molecular formula is C23H30FN3O2. The van der Waals surface area contributed by atoms with Crippen LogP contribution >= 0.6 is 0 Å². The van der Waals surface area contributed by atoms with Crippen LogP contribution < -0.4 is 0 Å². The molecule has 1 aromatic rings. The van der Waals surface area contributed by atoms with Crippen molar-refractivity contribution in [3.8, 4) is 0 Å². The third-order valence-electron chi connectivity index (χ3n) is 7.57. The molecule has 2 unspecified atom stereocenters. The second-order valence-electron chi connectivity index (χ2n) is 9.35. The van der Waals surface area contributed by atoms with Gasteiger partial charge in [0.05, 0.1) is 0 Å². The van der Waals surface area contributed by atoms with Crippen LogP contribution in [-0.2, 0) is 4.79 Å². The Balaban J connectivity index is 1.19. The van der Waals surface area contributed by atoms with Crippen molar-refractivity contribution >= 4 is 11.8 Å². The number of nitrogens with zero attached hydrogens (tertiary/aromatic N) is 3. The summed E-state index contributed by atoms with van der Waals surface area (Å²) in [7, 11) is 0. The van der Waals surface area contributed by atoms with Gasteiger partial charge in [0.1, 0.15) is 5.82 Å². The highest BCUT2D eigenvalue weighted by molar-refractivity contribution is 5.94. The van der Waals surface area contributed by atoms with Gasteiger partial charge in [-0.15, -0.1) is 0 Å². The number of halogens is 1. The molecular weight excluding hydrogens is 369 g/mol. The van der Waals surface area contributed by atoms with Gasteiger partial charge in [-0.2, -0.15) is 0 Å². The molecule has 4 aliphatic heterocycles. The number of rotatable bonds is 2. The standard InChI is InChI=1S/C23H30FN3O2/c24-19-6-4-17(5-7-19)23(29)25-10-8-20(9-11-25)26-13-16-12-18(15-26)21-2-1-3-22(28)27(21)14-16/h4-7,16,18,20-21H,1-3,8-15H2/t16?,18?,21-/m1/s1. The molecule has 2 amide bonds. The molecule has 156 valence electrons. The Morgan fingerprint density at radius 2 is 1.76 bits per heavy atom. The number of benzene rings is 1. The largest absolute Gasteiger partial charge is 0.339 e. The third kappa shape index (κ3) is 3.67. The smallest absolute Gasteiger partial charge is 0.253 e. The summed E-state index contributed by atoms with van der Waals surface area (Å²) in [6.07, 6.45) is 6.22. The zero-order valence-corrected chi connectivity index (χ0v) is 16.9. The first-order chi connectivity index (χ1) is 14.1. The molecule has 6 heteroatoms. The first-order valence-corrected chi connectivity index (χ1v) is 11.2. The van der Waals surface area contributed by atoms with Crippen LogP contribution in [0.15, 0.2) is 24.3 Å². The van der Waals surface area contributed by atoms with E-state index < -0.39 is 0 Å². The fourth-order valence-electron chi connectivity index (χ4n) is 6.16. The number of fused-ring (bicyclic) bond motifs is 4. The van der Waals surface area contributed by atoms with Crippen LogP contribution in [0.2, 0.25) is 0 Å². The van der Waals surface area contributed by atoms with Crippen molar-refractivity contribution < 1.29 is 14.0 Å². The maximum atomic E-state index is 13.1. The average molecular weight is 400 g/mol. The first-order valence-electron chi connectivity index (χ1n) is 11.2. The van der Waals surface area contributed by atoms with Crippen LogP contribution in [-0.4, -0.2) is 71.3 Å². The molecule has 3 atom stereocenters. The second kappa shape index (κ2) is 7.71. The van der Waals surface area contributed by atoms with Gasteiger partial charge >= 0.3 is 0 Å². The molecule has 4 saturated heterocycles. The van der Waals surface area contributed by atoms with Crippen LogP contribution in [0.4, 0.5) is 4.39 Å². The number of hydrogen-bond donors (Lipinski definition) is 0. The predicted octanol–water partition coefficient (Wildman–Crippen LogP) is 2.76. The summed E-state index contributed by atoms with van der Waals surface area (Å²) in [6, 6.07) is 6.84. The van der Waals surface area contributed by atoms with Gasteiger partial charge in [-0.3, -0.25) is 14.5 Å². The van der Waals surface area contributed by atoms with E-state index in [-0.39, 0.29) is 11.7 Å². The van der Waals surface area contributed by atoms with Crippen molar-refractivity contribution in [2.45, 2.75) is 50.6 Å². The van der Waals surface area contributed by atoms with Gasteiger partial charge in [-0.1, -0.05) is 0 Å². The Hall–Kier alpha value is -1.95. The summed E-state index contributed by atoms with van der Waals surface area (Å²) in [4.78, 5) is 31.8. The summed E-state index contributed by atoms with van der Waals surface area (Å²) in [5, 5.41) is 0. The van der Waals surface area contributed by atoms with Gasteiger partial charge in [0, 0.05) is 56.8 Å². The van der Waals surface area contributed by atoms with E-state index in [1.807, 2.05) is 4.90 Å². The molecule has 0 aromatic heterocycles. The Morgan fingerprint density at radius 3 is 2.52 bits per heavy atom. The molecule has 1 aromatic carbocycles. The summed E-state index contributed by atoms with van der Waals surface area (Å²) >= 11 is 0. The lowest BCUT2D eigenvalue weighted by atomic mass is 9.75. The fraction of sp³-hybridized carbons (Fsp3) is 0.652. The molecule has 29 heavy (non-hydrogen) atoms. The highest BCUT2D eigenvalue weighted by Crippen LogP contribution is 2.39. The Kier molecular flexibility index (Phi) is 5.06. The lowest BCUT2D eigenvalue weighted by Crippen LogP contribution is -2.62. The highest BCUT2D eigenvalue weighted by atomic mass is 19.1. The first kappa shape index (κ1) is 19.0. The van der Waals surface area contributed by atoms with E-state index in [2.05, 4.69) is 9.80 Å². The Labute approximate surface area is 171 Å². The predicted molar refractivity (Wildman–Crippen MR) is 108 cm³/mol. The minimum atomic E-state index is -0.311. The van der Waals surface area contributed by atoms with Crippen LogP contribution in [0.1, 0.15) is 48.9 Å². The number of hydrogen-bond acceptors (Lipinski definition) is 3. The van der Waals surface area contributed by atoms with Crippen LogP contribution in [0, 0.1) is 17.7 Å². The lowest BCUT2D eigenvalue weighted by molar-refractivity contribution is -0.145. The van der Waals surface area contributed by atoms with E-state index in [1.54, 1.807) is 12.1 Å². The SMILES string of the molecule is O=C(c1ccc(F)cc1)N1CCC(N2CC3CC(C2)[C@H]2CCCC(=O)N2C3)CC1. The van der Waals surface area contributed by atoms with Crippen molar-refractivity contribution in [2.75, 3.05) is 32.7 Å². The molecule has 4 fully saturated rings. The molecule has 0 radical (unpaired) electrons. The topological polar surface area (TPSA) is 43.9 Å². The zero-order chi connectivity index (χ0) is 20.0. The molecule has 5 nitrogen and oxygen atoms in total. The van der Waals surface area contributed by atoms with Crippen molar-refractivity contribution in [2.24, 2.45) is 11.8 Å². The minimum Gasteiger partial charge on any atom is -0.339 e. The Bertz CT molecular complexity index is 775. The van der Waals surface area contributed by atoms with Gasteiger partial charge < -0.3 is 9.80 Å². The molecule has 0 spiro atoms. The maximum Gasteiger partial charge on any atom is 0.253 e. The Morgan fingerprint density at radius 1 is 1.00 bits per heavy atom. The summed E-state index contributed by atoms with van der Waals surface area (Å²) in [6.45, 7) is 4.66. The zero-order valence-electron chi connectivity index (χ0n) is 16.9. The van der Waals surface area contributed by atoms with E-state index in [1.165, 1.54) is 25.0 Å². The summed E-state index contributed by atoms with van der Waals surface area (Å²) in [5.41, 5.74) is 0.569. The van der Waals surface area contributed by atoms with Gasteiger partial charge in [0.15, 0.2) is 0 Å². The van der Waals surface area contributed by atoms with Crippen LogP contribution in [0.5, 0.6) is 0 Å². The molecule has 0 saturated carbocycles. The number of carbonyl (C=O) groups excluding carboxylic acids is 2. The number of piperidine rings is 4. The van der Waals surface area contributed by atoms with Crippen molar-refractivity contribution in [1.29, 1.82) is 0 Å². The highest BCUT2D eigenvalue weighted by Gasteiger charge is 2.45. The molecule has 5 rings (SSSR count).